The SMILES string of the molecule is CCNC1CCCCC1C1CCCN1C(=O)OC(C)(C)C. The summed E-state index contributed by atoms with van der Waals surface area (Å²) in [5, 5.41) is 3.64. The molecular formula is C17H32N2O2. The van der Waals surface area contributed by atoms with E-state index < -0.39 is 5.60 Å². The van der Waals surface area contributed by atoms with Gasteiger partial charge in [0.05, 0.1) is 0 Å². The highest BCUT2D eigenvalue weighted by Gasteiger charge is 2.40. The number of likely N-dealkylation sites (tertiary alicyclic amines) is 1. The Hall–Kier alpha value is -0.770. The molecule has 0 aromatic rings. The van der Waals surface area contributed by atoms with Crippen LogP contribution >= 0.6 is 0 Å². The van der Waals surface area contributed by atoms with E-state index in [-0.39, 0.29) is 6.09 Å². The van der Waals surface area contributed by atoms with Gasteiger partial charge in [0.1, 0.15) is 5.60 Å². The average Bonchev–Trinajstić information content (AvgIpc) is 2.87. The van der Waals surface area contributed by atoms with E-state index in [0.717, 1.165) is 25.9 Å². The summed E-state index contributed by atoms with van der Waals surface area (Å²) in [4.78, 5) is 14.5. The van der Waals surface area contributed by atoms with Crippen molar-refractivity contribution in [3.8, 4) is 0 Å². The van der Waals surface area contributed by atoms with Crippen LogP contribution in [0.25, 0.3) is 0 Å². The molecule has 1 saturated heterocycles. The molecule has 1 N–H and O–H groups in total. The number of ether oxygens (including phenoxy) is 1. The van der Waals surface area contributed by atoms with Gasteiger partial charge in [-0.25, -0.2) is 4.79 Å². The van der Waals surface area contributed by atoms with Crippen LogP contribution in [0.1, 0.15) is 66.2 Å². The minimum atomic E-state index is -0.405. The van der Waals surface area contributed by atoms with Gasteiger partial charge in [-0.15, -0.1) is 0 Å². The number of hydrogen-bond donors (Lipinski definition) is 1. The molecule has 4 nitrogen and oxygen atoms in total. The number of carbonyl (C=O) groups is 1. The van der Waals surface area contributed by atoms with Gasteiger partial charge in [-0.3, -0.25) is 0 Å². The first-order chi connectivity index (χ1) is 9.92. The molecule has 21 heavy (non-hydrogen) atoms. The highest BCUT2D eigenvalue weighted by molar-refractivity contribution is 5.69. The van der Waals surface area contributed by atoms with Gasteiger partial charge < -0.3 is 15.0 Å². The Morgan fingerprint density at radius 3 is 2.57 bits per heavy atom. The summed E-state index contributed by atoms with van der Waals surface area (Å²) >= 11 is 0. The molecule has 1 amide bonds. The standard InChI is InChI=1S/C17H32N2O2/c1-5-18-14-10-7-6-9-13(14)15-11-8-12-19(15)16(20)21-17(2,3)4/h13-15,18H,5-12H2,1-4H3. The summed E-state index contributed by atoms with van der Waals surface area (Å²) < 4.78 is 5.60. The van der Waals surface area contributed by atoms with E-state index in [9.17, 15) is 4.79 Å². The molecule has 0 aromatic heterocycles. The Bertz CT molecular complexity index is 349. The number of nitrogens with one attached hydrogen (secondary N) is 1. The molecular weight excluding hydrogens is 264 g/mol. The fraction of sp³-hybridized carbons (Fsp3) is 0.941. The van der Waals surface area contributed by atoms with Gasteiger partial charge >= 0.3 is 6.09 Å². The fourth-order valence-electron chi connectivity index (χ4n) is 3.92. The van der Waals surface area contributed by atoms with E-state index >= 15 is 0 Å². The predicted molar refractivity (Wildman–Crippen MR) is 85.4 cm³/mol. The first-order valence-electron chi connectivity index (χ1n) is 8.65. The third-order valence-corrected chi connectivity index (χ3v) is 4.71. The van der Waals surface area contributed by atoms with Crippen molar-refractivity contribution in [2.45, 2.75) is 83.9 Å². The zero-order chi connectivity index (χ0) is 15.5. The Kier molecular flexibility index (Phi) is 5.53. The molecule has 0 bridgehead atoms. The lowest BCUT2D eigenvalue weighted by molar-refractivity contribution is 0.0133. The van der Waals surface area contributed by atoms with Crippen molar-refractivity contribution in [2.24, 2.45) is 5.92 Å². The molecule has 0 aromatic carbocycles. The normalized spacial score (nSPS) is 30.5. The van der Waals surface area contributed by atoms with Crippen molar-refractivity contribution in [3.05, 3.63) is 0 Å². The minimum absolute atomic E-state index is 0.120. The van der Waals surface area contributed by atoms with Crippen LogP contribution in [0.2, 0.25) is 0 Å². The third kappa shape index (κ3) is 4.35. The first-order valence-corrected chi connectivity index (χ1v) is 8.65. The van der Waals surface area contributed by atoms with Crippen LogP contribution in [-0.4, -0.2) is 41.8 Å². The Morgan fingerprint density at radius 1 is 1.19 bits per heavy atom. The summed E-state index contributed by atoms with van der Waals surface area (Å²) in [5.41, 5.74) is -0.405. The molecule has 3 unspecified atom stereocenters. The molecule has 1 aliphatic carbocycles. The summed E-state index contributed by atoms with van der Waals surface area (Å²) in [6.07, 6.45) is 7.22. The topological polar surface area (TPSA) is 41.6 Å². The molecule has 4 heteroatoms. The number of hydrogen-bond acceptors (Lipinski definition) is 3. The second-order valence-electron chi connectivity index (χ2n) is 7.50. The summed E-state index contributed by atoms with van der Waals surface area (Å²) in [6.45, 7) is 9.87. The van der Waals surface area contributed by atoms with Crippen LogP contribution in [0.3, 0.4) is 0 Å². The molecule has 122 valence electrons. The lowest BCUT2D eigenvalue weighted by Gasteiger charge is -2.40. The Labute approximate surface area is 129 Å². The maximum absolute atomic E-state index is 12.5. The van der Waals surface area contributed by atoms with Crippen molar-refractivity contribution in [1.82, 2.24) is 10.2 Å². The summed E-state index contributed by atoms with van der Waals surface area (Å²) in [5.74, 6) is 0.591. The van der Waals surface area contributed by atoms with Crippen molar-refractivity contribution < 1.29 is 9.53 Å². The van der Waals surface area contributed by atoms with Crippen molar-refractivity contribution in [1.29, 1.82) is 0 Å². The smallest absolute Gasteiger partial charge is 0.410 e. The average molecular weight is 296 g/mol. The van der Waals surface area contributed by atoms with Gasteiger partial charge in [-0.2, -0.15) is 0 Å². The second-order valence-corrected chi connectivity index (χ2v) is 7.50. The lowest BCUT2D eigenvalue weighted by atomic mass is 9.79. The first kappa shape index (κ1) is 16.6. The molecule has 0 radical (unpaired) electrons. The molecule has 2 fully saturated rings. The number of rotatable bonds is 3. The quantitative estimate of drug-likeness (QED) is 0.866. The summed E-state index contributed by atoms with van der Waals surface area (Å²) in [6, 6.07) is 0.931. The highest BCUT2D eigenvalue weighted by atomic mass is 16.6. The fourth-order valence-corrected chi connectivity index (χ4v) is 3.92. The van der Waals surface area contributed by atoms with E-state index in [4.69, 9.17) is 4.74 Å². The van der Waals surface area contributed by atoms with E-state index in [1.807, 2.05) is 25.7 Å². The zero-order valence-electron chi connectivity index (χ0n) is 14.2. The van der Waals surface area contributed by atoms with Gasteiger partial charge in [0.25, 0.3) is 0 Å². The van der Waals surface area contributed by atoms with Gasteiger partial charge in [-0.05, 0) is 58.9 Å². The Morgan fingerprint density at radius 2 is 1.90 bits per heavy atom. The van der Waals surface area contributed by atoms with Crippen LogP contribution in [0.15, 0.2) is 0 Å². The van der Waals surface area contributed by atoms with Gasteiger partial charge in [0, 0.05) is 18.6 Å². The van der Waals surface area contributed by atoms with Crippen LogP contribution in [0, 0.1) is 5.92 Å². The predicted octanol–water partition coefficient (Wildman–Crippen LogP) is 3.55. The second kappa shape index (κ2) is 6.99. The number of amides is 1. The largest absolute Gasteiger partial charge is 0.444 e. The van der Waals surface area contributed by atoms with Crippen LogP contribution < -0.4 is 5.32 Å². The van der Waals surface area contributed by atoms with Crippen molar-refractivity contribution >= 4 is 6.09 Å². The maximum atomic E-state index is 12.5. The summed E-state index contributed by atoms with van der Waals surface area (Å²) in [7, 11) is 0. The number of carbonyl (C=O) groups excluding carboxylic acids is 1. The lowest BCUT2D eigenvalue weighted by Crippen LogP contribution is -2.50. The Balaban J connectivity index is 2.04. The third-order valence-electron chi connectivity index (χ3n) is 4.71. The molecule has 3 atom stereocenters. The van der Waals surface area contributed by atoms with Crippen LogP contribution in [0.5, 0.6) is 0 Å². The van der Waals surface area contributed by atoms with E-state index in [2.05, 4.69) is 12.2 Å². The van der Waals surface area contributed by atoms with E-state index in [1.165, 1.54) is 25.7 Å². The van der Waals surface area contributed by atoms with Crippen LogP contribution in [0.4, 0.5) is 4.79 Å². The zero-order valence-corrected chi connectivity index (χ0v) is 14.2. The van der Waals surface area contributed by atoms with E-state index in [1.54, 1.807) is 0 Å². The minimum Gasteiger partial charge on any atom is -0.444 e. The molecule has 0 spiro atoms. The van der Waals surface area contributed by atoms with Gasteiger partial charge in [0.15, 0.2) is 0 Å². The van der Waals surface area contributed by atoms with Crippen LogP contribution in [-0.2, 0) is 4.74 Å². The van der Waals surface area contributed by atoms with Crippen molar-refractivity contribution in [2.75, 3.05) is 13.1 Å². The monoisotopic (exact) mass is 296 g/mol. The molecule has 1 saturated carbocycles. The molecule has 1 aliphatic heterocycles. The number of nitrogens with zero attached hydrogens (tertiary/aromatic N) is 1. The molecule has 2 aliphatic rings. The maximum Gasteiger partial charge on any atom is 0.410 e. The van der Waals surface area contributed by atoms with Gasteiger partial charge in [0.2, 0.25) is 0 Å². The van der Waals surface area contributed by atoms with E-state index in [0.29, 0.717) is 18.0 Å². The van der Waals surface area contributed by atoms with Gasteiger partial charge in [-0.1, -0.05) is 19.8 Å². The molecule has 2 rings (SSSR count). The highest BCUT2D eigenvalue weighted by Crippen LogP contribution is 2.35. The van der Waals surface area contributed by atoms with Crippen molar-refractivity contribution in [3.63, 3.8) is 0 Å². The molecule has 1 heterocycles.